The second kappa shape index (κ2) is 6.37. The zero-order chi connectivity index (χ0) is 14.8. The second-order valence-electron chi connectivity index (χ2n) is 7.28. The van der Waals surface area contributed by atoms with Gasteiger partial charge in [0.05, 0.1) is 6.54 Å². The summed E-state index contributed by atoms with van der Waals surface area (Å²) >= 11 is 0. The van der Waals surface area contributed by atoms with Crippen LogP contribution in [0.4, 0.5) is 0 Å². The Morgan fingerprint density at radius 2 is 1.95 bits per heavy atom. The van der Waals surface area contributed by atoms with Gasteiger partial charge in [0.1, 0.15) is 6.04 Å². The Balaban J connectivity index is 1.55. The number of nitrogens with zero attached hydrogens (tertiary/aromatic N) is 2. The van der Waals surface area contributed by atoms with Gasteiger partial charge in [0.15, 0.2) is 0 Å². The molecule has 3 rings (SSSR count). The Morgan fingerprint density at radius 3 is 2.76 bits per heavy atom. The molecule has 2 aliphatic heterocycles. The molecule has 1 saturated carbocycles. The number of hydrogen-bond donors (Lipinski definition) is 0. The molecule has 0 N–H and O–H groups in total. The van der Waals surface area contributed by atoms with Crippen molar-refractivity contribution in [2.75, 3.05) is 19.6 Å². The lowest BCUT2D eigenvalue weighted by Gasteiger charge is -2.43. The van der Waals surface area contributed by atoms with E-state index >= 15 is 0 Å². The highest BCUT2D eigenvalue weighted by atomic mass is 16.2. The van der Waals surface area contributed by atoms with Gasteiger partial charge in [0.25, 0.3) is 0 Å². The lowest BCUT2D eigenvalue weighted by Crippen LogP contribution is -2.61. The molecule has 2 heterocycles. The van der Waals surface area contributed by atoms with Crippen LogP contribution in [0.25, 0.3) is 0 Å². The maximum atomic E-state index is 12.6. The summed E-state index contributed by atoms with van der Waals surface area (Å²) in [5.41, 5.74) is 0. The fourth-order valence-corrected chi connectivity index (χ4v) is 4.38. The first-order valence-corrected chi connectivity index (χ1v) is 8.73. The molecule has 0 radical (unpaired) electrons. The van der Waals surface area contributed by atoms with E-state index in [1.165, 1.54) is 25.7 Å². The van der Waals surface area contributed by atoms with Crippen molar-refractivity contribution in [3.8, 4) is 0 Å². The number of hydrogen-bond acceptors (Lipinski definition) is 2. The van der Waals surface area contributed by atoms with Gasteiger partial charge in [-0.3, -0.25) is 9.59 Å². The normalized spacial score (nSPS) is 34.0. The molecular weight excluding hydrogens is 264 g/mol. The Kier molecular flexibility index (Phi) is 4.51. The van der Waals surface area contributed by atoms with E-state index in [1.807, 2.05) is 9.80 Å². The minimum atomic E-state index is -0.148. The van der Waals surface area contributed by atoms with Crippen LogP contribution < -0.4 is 0 Å². The number of fused-ring (bicyclic) bond motifs is 1. The van der Waals surface area contributed by atoms with E-state index in [1.54, 1.807) is 0 Å². The number of carbonyl (C=O) groups is 2. The predicted octanol–water partition coefficient (Wildman–Crippen LogP) is 2.43. The molecule has 118 valence electrons. The van der Waals surface area contributed by atoms with Crippen molar-refractivity contribution in [3.05, 3.63) is 0 Å². The SMILES string of the molecule is CC1CCCC(CCN2CC(=O)N3CCCCC3C2=O)C1. The summed E-state index contributed by atoms with van der Waals surface area (Å²) in [7, 11) is 0. The lowest BCUT2D eigenvalue weighted by molar-refractivity contribution is -0.157. The third-order valence-corrected chi connectivity index (χ3v) is 5.60. The van der Waals surface area contributed by atoms with Gasteiger partial charge in [0, 0.05) is 13.1 Å². The predicted molar refractivity (Wildman–Crippen MR) is 81.7 cm³/mol. The van der Waals surface area contributed by atoms with Crippen molar-refractivity contribution in [2.45, 2.75) is 64.3 Å². The second-order valence-corrected chi connectivity index (χ2v) is 7.28. The molecule has 2 saturated heterocycles. The van der Waals surface area contributed by atoms with Crippen LogP contribution in [0.1, 0.15) is 58.3 Å². The van der Waals surface area contributed by atoms with Crippen LogP contribution in [0.5, 0.6) is 0 Å². The van der Waals surface area contributed by atoms with Crippen LogP contribution in [-0.4, -0.2) is 47.3 Å². The molecule has 3 atom stereocenters. The Hall–Kier alpha value is -1.06. The van der Waals surface area contributed by atoms with Gasteiger partial charge in [-0.05, 0) is 43.9 Å². The number of piperidine rings is 1. The number of rotatable bonds is 3. The standard InChI is InChI=1S/C17H28N2O2/c1-13-5-4-6-14(11-13)8-10-18-12-16(20)19-9-3-2-7-15(19)17(18)21/h13-15H,2-12H2,1H3. The van der Waals surface area contributed by atoms with E-state index < -0.39 is 0 Å². The monoisotopic (exact) mass is 292 g/mol. The van der Waals surface area contributed by atoms with Gasteiger partial charge >= 0.3 is 0 Å². The van der Waals surface area contributed by atoms with Crippen LogP contribution in [0.2, 0.25) is 0 Å². The zero-order valence-electron chi connectivity index (χ0n) is 13.2. The van der Waals surface area contributed by atoms with Gasteiger partial charge in [-0.1, -0.05) is 26.2 Å². The molecule has 0 bridgehead atoms. The van der Waals surface area contributed by atoms with E-state index in [2.05, 4.69) is 6.92 Å². The first kappa shape index (κ1) is 14.9. The fourth-order valence-electron chi connectivity index (χ4n) is 4.38. The molecule has 0 spiro atoms. The quantitative estimate of drug-likeness (QED) is 0.801. The van der Waals surface area contributed by atoms with Crippen molar-refractivity contribution >= 4 is 11.8 Å². The van der Waals surface area contributed by atoms with E-state index in [4.69, 9.17) is 0 Å². The number of amides is 2. The maximum absolute atomic E-state index is 12.6. The van der Waals surface area contributed by atoms with Crippen molar-refractivity contribution < 1.29 is 9.59 Å². The van der Waals surface area contributed by atoms with E-state index in [0.29, 0.717) is 6.54 Å². The molecular formula is C17H28N2O2. The fraction of sp³-hybridized carbons (Fsp3) is 0.882. The number of carbonyl (C=O) groups excluding carboxylic acids is 2. The smallest absolute Gasteiger partial charge is 0.245 e. The molecule has 3 unspecified atom stereocenters. The molecule has 4 heteroatoms. The highest BCUT2D eigenvalue weighted by Crippen LogP contribution is 2.31. The van der Waals surface area contributed by atoms with Gasteiger partial charge in [-0.25, -0.2) is 0 Å². The van der Waals surface area contributed by atoms with Crippen LogP contribution in [0, 0.1) is 11.8 Å². The van der Waals surface area contributed by atoms with Gasteiger partial charge in [0.2, 0.25) is 11.8 Å². The van der Waals surface area contributed by atoms with Gasteiger partial charge in [-0.15, -0.1) is 0 Å². The zero-order valence-corrected chi connectivity index (χ0v) is 13.2. The van der Waals surface area contributed by atoms with E-state index in [0.717, 1.165) is 50.6 Å². The summed E-state index contributed by atoms with van der Waals surface area (Å²) < 4.78 is 0. The Morgan fingerprint density at radius 1 is 1.10 bits per heavy atom. The topological polar surface area (TPSA) is 40.6 Å². The van der Waals surface area contributed by atoms with Gasteiger partial charge in [-0.2, -0.15) is 0 Å². The largest absolute Gasteiger partial charge is 0.332 e. The molecule has 2 amide bonds. The first-order valence-electron chi connectivity index (χ1n) is 8.73. The summed E-state index contributed by atoms with van der Waals surface area (Å²) in [6, 6.07) is -0.148. The highest BCUT2D eigenvalue weighted by molar-refractivity contribution is 5.95. The van der Waals surface area contributed by atoms with Crippen molar-refractivity contribution in [1.29, 1.82) is 0 Å². The van der Waals surface area contributed by atoms with Crippen molar-refractivity contribution in [3.63, 3.8) is 0 Å². The average molecular weight is 292 g/mol. The van der Waals surface area contributed by atoms with Crippen molar-refractivity contribution in [2.24, 2.45) is 11.8 Å². The van der Waals surface area contributed by atoms with Crippen LogP contribution in [0.15, 0.2) is 0 Å². The maximum Gasteiger partial charge on any atom is 0.245 e. The molecule has 0 aromatic carbocycles. The third kappa shape index (κ3) is 3.24. The minimum absolute atomic E-state index is 0.148. The summed E-state index contributed by atoms with van der Waals surface area (Å²) in [5, 5.41) is 0. The molecule has 0 aromatic heterocycles. The molecule has 0 aromatic rings. The summed E-state index contributed by atoms with van der Waals surface area (Å²) in [6.45, 7) is 4.22. The summed E-state index contributed by atoms with van der Waals surface area (Å²) in [4.78, 5) is 28.5. The molecule has 21 heavy (non-hydrogen) atoms. The highest BCUT2D eigenvalue weighted by Gasteiger charge is 2.40. The van der Waals surface area contributed by atoms with Gasteiger partial charge < -0.3 is 9.80 Å². The third-order valence-electron chi connectivity index (χ3n) is 5.60. The Bertz CT molecular complexity index is 410. The summed E-state index contributed by atoms with van der Waals surface area (Å²) in [6.07, 6.45) is 9.35. The minimum Gasteiger partial charge on any atom is -0.332 e. The van der Waals surface area contributed by atoms with Crippen LogP contribution in [-0.2, 0) is 9.59 Å². The molecule has 3 fully saturated rings. The van der Waals surface area contributed by atoms with Crippen LogP contribution >= 0.6 is 0 Å². The average Bonchev–Trinajstić information content (AvgIpc) is 2.50. The van der Waals surface area contributed by atoms with E-state index in [-0.39, 0.29) is 17.9 Å². The molecule has 3 aliphatic rings. The Labute approximate surface area is 127 Å². The van der Waals surface area contributed by atoms with Crippen molar-refractivity contribution in [1.82, 2.24) is 9.80 Å². The number of piperazine rings is 1. The first-order chi connectivity index (χ1) is 10.1. The van der Waals surface area contributed by atoms with E-state index in [9.17, 15) is 9.59 Å². The molecule has 4 nitrogen and oxygen atoms in total. The molecule has 1 aliphatic carbocycles. The summed E-state index contributed by atoms with van der Waals surface area (Å²) in [5.74, 6) is 1.95. The lowest BCUT2D eigenvalue weighted by atomic mass is 9.81. The van der Waals surface area contributed by atoms with Crippen LogP contribution in [0.3, 0.4) is 0 Å².